The minimum absolute atomic E-state index is 0.0172. The molecule has 4 rings (SSSR count). The quantitative estimate of drug-likeness (QED) is 0.775. The molecule has 5 heteroatoms. The summed E-state index contributed by atoms with van der Waals surface area (Å²) in [5.74, 6) is -0.371. The summed E-state index contributed by atoms with van der Waals surface area (Å²) in [5.41, 5.74) is 5.29. The highest BCUT2D eigenvalue weighted by Gasteiger charge is 2.35. The molecular weight excluding hydrogens is 374 g/mol. The van der Waals surface area contributed by atoms with Crippen molar-refractivity contribution in [2.24, 2.45) is 5.92 Å². The molecule has 1 atom stereocenters. The van der Waals surface area contributed by atoms with E-state index in [0.29, 0.717) is 6.54 Å². The second-order valence-corrected chi connectivity index (χ2v) is 8.26. The molecule has 1 unspecified atom stereocenters. The van der Waals surface area contributed by atoms with E-state index in [-0.39, 0.29) is 24.2 Å². The van der Waals surface area contributed by atoms with E-state index in [4.69, 9.17) is 0 Å². The molecule has 0 bridgehead atoms. The Kier molecular flexibility index (Phi) is 6.07. The Balaban J connectivity index is 1.45. The normalized spacial score (nSPS) is 18.9. The second kappa shape index (κ2) is 8.90. The Hall–Kier alpha value is -2.82. The van der Waals surface area contributed by atoms with Crippen molar-refractivity contribution in [1.82, 2.24) is 0 Å². The Morgan fingerprint density at radius 2 is 1.57 bits per heavy atom. The molecule has 2 aromatic carbocycles. The molecule has 0 saturated carbocycles. The zero-order valence-electron chi connectivity index (χ0n) is 18.0. The summed E-state index contributed by atoms with van der Waals surface area (Å²) in [5, 5.41) is 3.14. The molecule has 158 valence electrons. The zero-order chi connectivity index (χ0) is 21.1. The number of carbonyl (C=O) groups is 2. The number of anilines is 3. The maximum Gasteiger partial charge on any atom is 0.229 e. The lowest BCUT2D eigenvalue weighted by atomic mass is 10.0. The predicted molar refractivity (Wildman–Crippen MR) is 122 cm³/mol. The second-order valence-electron chi connectivity index (χ2n) is 8.26. The number of benzene rings is 2. The van der Waals surface area contributed by atoms with Gasteiger partial charge < -0.3 is 15.1 Å². The molecule has 2 saturated heterocycles. The van der Waals surface area contributed by atoms with Crippen LogP contribution in [0.5, 0.6) is 0 Å². The lowest BCUT2D eigenvalue weighted by molar-refractivity contribution is -0.122. The standard InChI is InChI=1S/C25H31N3O2/c1-3-18-8-7-9-19(4-2)24(18)26-25(30)20-16-23(29)28(17-20)22-12-10-21(11-13-22)27-14-5-6-15-27/h7-13,20H,3-6,14-17H2,1-2H3,(H,26,30). The van der Waals surface area contributed by atoms with Crippen molar-refractivity contribution in [3.05, 3.63) is 53.6 Å². The third-order valence-corrected chi connectivity index (χ3v) is 6.38. The van der Waals surface area contributed by atoms with E-state index in [9.17, 15) is 9.59 Å². The van der Waals surface area contributed by atoms with Crippen LogP contribution in [0.2, 0.25) is 0 Å². The topological polar surface area (TPSA) is 52.7 Å². The van der Waals surface area contributed by atoms with Crippen LogP contribution >= 0.6 is 0 Å². The molecular formula is C25H31N3O2. The molecule has 2 aliphatic heterocycles. The van der Waals surface area contributed by atoms with Gasteiger partial charge in [-0.1, -0.05) is 32.0 Å². The van der Waals surface area contributed by atoms with Gasteiger partial charge in [0.1, 0.15) is 0 Å². The number of para-hydroxylation sites is 1. The van der Waals surface area contributed by atoms with E-state index in [0.717, 1.165) is 48.4 Å². The molecule has 2 fully saturated rings. The average molecular weight is 406 g/mol. The van der Waals surface area contributed by atoms with E-state index < -0.39 is 0 Å². The Morgan fingerprint density at radius 3 is 2.17 bits per heavy atom. The first-order valence-electron chi connectivity index (χ1n) is 11.2. The first-order chi connectivity index (χ1) is 14.6. The Bertz CT molecular complexity index is 894. The molecule has 0 aromatic heterocycles. The first-order valence-corrected chi connectivity index (χ1v) is 11.2. The van der Waals surface area contributed by atoms with Gasteiger partial charge in [0.15, 0.2) is 0 Å². The van der Waals surface area contributed by atoms with Crippen molar-refractivity contribution in [3.8, 4) is 0 Å². The lowest BCUT2D eigenvalue weighted by Crippen LogP contribution is -2.28. The molecule has 30 heavy (non-hydrogen) atoms. The molecule has 2 heterocycles. The van der Waals surface area contributed by atoms with Gasteiger partial charge in [0.25, 0.3) is 0 Å². The summed E-state index contributed by atoms with van der Waals surface area (Å²) in [4.78, 5) is 29.8. The van der Waals surface area contributed by atoms with Crippen LogP contribution in [-0.4, -0.2) is 31.4 Å². The molecule has 5 nitrogen and oxygen atoms in total. The summed E-state index contributed by atoms with van der Waals surface area (Å²) in [6.07, 6.45) is 4.47. The summed E-state index contributed by atoms with van der Waals surface area (Å²) in [7, 11) is 0. The third-order valence-electron chi connectivity index (χ3n) is 6.38. The summed E-state index contributed by atoms with van der Waals surface area (Å²) >= 11 is 0. The van der Waals surface area contributed by atoms with Gasteiger partial charge in [0.05, 0.1) is 5.92 Å². The Labute approximate surface area is 179 Å². The summed E-state index contributed by atoms with van der Waals surface area (Å²) in [6.45, 7) is 6.82. The van der Waals surface area contributed by atoms with Gasteiger partial charge in [0.2, 0.25) is 11.8 Å². The largest absolute Gasteiger partial charge is 0.372 e. The fourth-order valence-electron chi connectivity index (χ4n) is 4.58. The van der Waals surface area contributed by atoms with Gasteiger partial charge in [0, 0.05) is 43.1 Å². The number of nitrogens with zero attached hydrogens (tertiary/aromatic N) is 2. The van der Waals surface area contributed by atoms with Crippen LogP contribution in [0.4, 0.5) is 17.1 Å². The van der Waals surface area contributed by atoms with Crippen LogP contribution < -0.4 is 15.1 Å². The lowest BCUT2D eigenvalue weighted by Gasteiger charge is -2.21. The number of nitrogens with one attached hydrogen (secondary N) is 1. The van der Waals surface area contributed by atoms with Gasteiger partial charge in [-0.25, -0.2) is 0 Å². The maximum atomic E-state index is 13.0. The number of aryl methyl sites for hydroxylation is 2. The molecule has 2 aromatic rings. The molecule has 2 aliphatic rings. The summed E-state index contributed by atoms with van der Waals surface area (Å²) < 4.78 is 0. The van der Waals surface area contributed by atoms with Crippen molar-refractivity contribution in [2.45, 2.75) is 46.0 Å². The van der Waals surface area contributed by atoms with Crippen molar-refractivity contribution in [1.29, 1.82) is 0 Å². The molecule has 2 amide bonds. The van der Waals surface area contributed by atoms with E-state index in [1.54, 1.807) is 4.90 Å². The Morgan fingerprint density at radius 1 is 0.967 bits per heavy atom. The first kappa shape index (κ1) is 20.5. The van der Waals surface area contributed by atoms with E-state index in [2.05, 4.69) is 48.3 Å². The van der Waals surface area contributed by atoms with Gasteiger partial charge >= 0.3 is 0 Å². The van der Waals surface area contributed by atoms with Crippen LogP contribution in [-0.2, 0) is 22.4 Å². The number of rotatable bonds is 6. The fourth-order valence-corrected chi connectivity index (χ4v) is 4.58. The monoisotopic (exact) mass is 405 g/mol. The fraction of sp³-hybridized carbons (Fsp3) is 0.440. The van der Waals surface area contributed by atoms with Crippen LogP contribution in [0.3, 0.4) is 0 Å². The van der Waals surface area contributed by atoms with Gasteiger partial charge in [-0.15, -0.1) is 0 Å². The van der Waals surface area contributed by atoms with Gasteiger partial charge in [-0.2, -0.15) is 0 Å². The van der Waals surface area contributed by atoms with Crippen LogP contribution in [0, 0.1) is 5.92 Å². The van der Waals surface area contributed by atoms with Gasteiger partial charge in [-0.05, 0) is 61.1 Å². The number of amides is 2. The minimum atomic E-state index is -0.328. The van der Waals surface area contributed by atoms with E-state index in [1.807, 2.05) is 18.2 Å². The molecule has 0 spiro atoms. The van der Waals surface area contributed by atoms with Crippen molar-refractivity contribution >= 4 is 28.9 Å². The number of hydrogen-bond donors (Lipinski definition) is 1. The molecule has 0 radical (unpaired) electrons. The highest BCUT2D eigenvalue weighted by Crippen LogP contribution is 2.30. The SMILES string of the molecule is CCc1cccc(CC)c1NC(=O)C1CC(=O)N(c2ccc(N3CCCC3)cc2)C1. The van der Waals surface area contributed by atoms with Crippen LogP contribution in [0.15, 0.2) is 42.5 Å². The maximum absolute atomic E-state index is 13.0. The van der Waals surface area contributed by atoms with Gasteiger partial charge in [-0.3, -0.25) is 9.59 Å². The van der Waals surface area contributed by atoms with Crippen molar-refractivity contribution in [2.75, 3.05) is 34.8 Å². The van der Waals surface area contributed by atoms with E-state index >= 15 is 0 Å². The van der Waals surface area contributed by atoms with Crippen LogP contribution in [0.1, 0.15) is 44.2 Å². The highest BCUT2D eigenvalue weighted by atomic mass is 16.2. The molecule has 0 aliphatic carbocycles. The van der Waals surface area contributed by atoms with Crippen LogP contribution in [0.25, 0.3) is 0 Å². The third kappa shape index (κ3) is 4.07. The zero-order valence-corrected chi connectivity index (χ0v) is 18.0. The number of hydrogen-bond acceptors (Lipinski definition) is 3. The van der Waals surface area contributed by atoms with E-state index in [1.165, 1.54) is 18.5 Å². The predicted octanol–water partition coefficient (Wildman–Crippen LogP) is 4.40. The smallest absolute Gasteiger partial charge is 0.229 e. The van der Waals surface area contributed by atoms with Crippen molar-refractivity contribution < 1.29 is 9.59 Å². The number of carbonyl (C=O) groups excluding carboxylic acids is 2. The average Bonchev–Trinajstić information content (AvgIpc) is 3.44. The highest BCUT2D eigenvalue weighted by molar-refractivity contribution is 6.04. The molecule has 1 N–H and O–H groups in total. The van der Waals surface area contributed by atoms with Crippen molar-refractivity contribution in [3.63, 3.8) is 0 Å². The minimum Gasteiger partial charge on any atom is -0.372 e. The summed E-state index contributed by atoms with van der Waals surface area (Å²) in [6, 6.07) is 14.4.